The molecule has 1 fully saturated rings. The minimum atomic E-state index is -3.60. The molecule has 1 heterocycles. The zero-order valence-electron chi connectivity index (χ0n) is 17.2. The summed E-state index contributed by atoms with van der Waals surface area (Å²) in [6.07, 6.45) is 2.41. The van der Waals surface area contributed by atoms with Crippen LogP contribution in [-0.4, -0.2) is 32.0 Å². The smallest absolute Gasteiger partial charge is 0.230 e. The Labute approximate surface area is 177 Å². The zero-order chi connectivity index (χ0) is 21.5. The van der Waals surface area contributed by atoms with Crippen LogP contribution < -0.4 is 10.2 Å². The fourth-order valence-corrected chi connectivity index (χ4v) is 5.22. The number of nitrogens with zero attached hydrogens (tertiary/aromatic N) is 1. The van der Waals surface area contributed by atoms with Crippen LogP contribution in [0.1, 0.15) is 37.3 Å². The molecule has 0 radical (unpaired) electrons. The van der Waals surface area contributed by atoms with E-state index >= 15 is 0 Å². The second kappa shape index (κ2) is 7.87. The van der Waals surface area contributed by atoms with Crippen LogP contribution >= 0.6 is 0 Å². The molecule has 0 saturated heterocycles. The number of carbonyl (C=O) groups excluding carboxylic acids is 2. The summed E-state index contributed by atoms with van der Waals surface area (Å²) in [4.78, 5) is 26.8. The van der Waals surface area contributed by atoms with Crippen LogP contribution in [-0.2, 0) is 25.8 Å². The molecule has 1 aliphatic heterocycles. The first-order chi connectivity index (χ1) is 14.3. The van der Waals surface area contributed by atoms with Crippen molar-refractivity contribution in [2.75, 3.05) is 16.0 Å². The van der Waals surface area contributed by atoms with Gasteiger partial charge < -0.3 is 10.2 Å². The predicted molar refractivity (Wildman–Crippen MR) is 116 cm³/mol. The van der Waals surface area contributed by atoms with Crippen molar-refractivity contribution in [1.29, 1.82) is 0 Å². The Morgan fingerprint density at radius 3 is 2.57 bits per heavy atom. The molecule has 0 spiro atoms. The molecule has 1 saturated carbocycles. The van der Waals surface area contributed by atoms with Crippen molar-refractivity contribution >= 4 is 33.0 Å². The van der Waals surface area contributed by atoms with E-state index in [1.165, 1.54) is 0 Å². The van der Waals surface area contributed by atoms with E-state index in [2.05, 4.69) is 5.32 Å². The highest BCUT2D eigenvalue weighted by Gasteiger charge is 2.39. The lowest BCUT2D eigenvalue weighted by Gasteiger charge is -2.22. The fraction of sp³-hybridized carbons (Fsp3) is 0.391. The minimum Gasteiger partial charge on any atom is -0.326 e. The van der Waals surface area contributed by atoms with Crippen molar-refractivity contribution < 1.29 is 18.0 Å². The predicted octanol–water partition coefficient (Wildman–Crippen LogP) is 3.49. The van der Waals surface area contributed by atoms with Crippen LogP contribution in [0.5, 0.6) is 0 Å². The molecule has 7 heteroatoms. The number of para-hydroxylation sites is 1. The number of amides is 2. The molecule has 2 aromatic carbocycles. The highest BCUT2D eigenvalue weighted by atomic mass is 32.2. The number of aryl methyl sites for hydroxylation is 1. The van der Waals surface area contributed by atoms with Gasteiger partial charge in [-0.2, -0.15) is 0 Å². The van der Waals surface area contributed by atoms with Crippen molar-refractivity contribution in [2.24, 2.45) is 5.92 Å². The molecule has 158 valence electrons. The molecule has 4 rings (SSSR count). The van der Waals surface area contributed by atoms with E-state index < -0.39 is 9.84 Å². The van der Waals surface area contributed by atoms with E-state index in [1.54, 1.807) is 24.3 Å². The summed E-state index contributed by atoms with van der Waals surface area (Å²) in [6, 6.07) is 12.4. The SMILES string of the molecule is Cc1ccccc1NC(=O)CCS(=O)(=O)c1ccc2c(c1)CC(C)N2C(=O)C1CC1. The highest BCUT2D eigenvalue weighted by Crippen LogP contribution is 2.39. The Morgan fingerprint density at radius 1 is 1.13 bits per heavy atom. The number of fused-ring (bicyclic) bond motifs is 1. The summed E-state index contributed by atoms with van der Waals surface area (Å²) in [6.45, 7) is 3.87. The van der Waals surface area contributed by atoms with Crippen molar-refractivity contribution in [1.82, 2.24) is 0 Å². The molecular formula is C23H26N2O4S. The van der Waals surface area contributed by atoms with Crippen LogP contribution in [0.15, 0.2) is 47.4 Å². The average molecular weight is 427 g/mol. The third-order valence-corrected chi connectivity index (χ3v) is 7.52. The molecule has 6 nitrogen and oxygen atoms in total. The van der Waals surface area contributed by atoms with Gasteiger partial charge in [0.25, 0.3) is 0 Å². The van der Waals surface area contributed by atoms with Gasteiger partial charge in [-0.15, -0.1) is 0 Å². The summed E-state index contributed by atoms with van der Waals surface area (Å²) >= 11 is 0. The molecule has 1 N–H and O–H groups in total. The van der Waals surface area contributed by atoms with Crippen molar-refractivity contribution in [3.8, 4) is 0 Å². The van der Waals surface area contributed by atoms with Gasteiger partial charge in [0, 0.05) is 29.8 Å². The maximum Gasteiger partial charge on any atom is 0.230 e. The largest absolute Gasteiger partial charge is 0.326 e. The number of anilines is 2. The van der Waals surface area contributed by atoms with E-state index in [0.29, 0.717) is 12.1 Å². The first-order valence-corrected chi connectivity index (χ1v) is 12.0. The van der Waals surface area contributed by atoms with Crippen molar-refractivity contribution in [3.63, 3.8) is 0 Å². The lowest BCUT2D eigenvalue weighted by atomic mass is 10.1. The number of sulfone groups is 1. The number of benzene rings is 2. The van der Waals surface area contributed by atoms with Gasteiger partial charge in [0.2, 0.25) is 11.8 Å². The van der Waals surface area contributed by atoms with Gasteiger partial charge in [0.15, 0.2) is 9.84 Å². The summed E-state index contributed by atoms with van der Waals surface area (Å²) in [5, 5.41) is 2.77. The third-order valence-electron chi connectivity index (χ3n) is 5.81. The zero-order valence-corrected chi connectivity index (χ0v) is 18.0. The minimum absolute atomic E-state index is 0.0333. The van der Waals surface area contributed by atoms with Gasteiger partial charge in [0.05, 0.1) is 10.6 Å². The maximum absolute atomic E-state index is 12.8. The van der Waals surface area contributed by atoms with Gasteiger partial charge >= 0.3 is 0 Å². The second-order valence-corrected chi connectivity index (χ2v) is 10.4. The van der Waals surface area contributed by atoms with E-state index in [-0.39, 0.29) is 40.8 Å². The molecule has 1 aliphatic carbocycles. The van der Waals surface area contributed by atoms with Gasteiger partial charge in [-0.25, -0.2) is 8.42 Å². The number of carbonyl (C=O) groups is 2. The molecule has 2 aliphatic rings. The molecule has 0 bridgehead atoms. The van der Waals surface area contributed by atoms with Gasteiger partial charge in [-0.3, -0.25) is 9.59 Å². The quantitative estimate of drug-likeness (QED) is 0.766. The first kappa shape index (κ1) is 20.6. The average Bonchev–Trinajstić information content (AvgIpc) is 3.50. The van der Waals surface area contributed by atoms with Crippen LogP contribution in [0.25, 0.3) is 0 Å². The van der Waals surface area contributed by atoms with E-state index in [4.69, 9.17) is 0 Å². The van der Waals surface area contributed by atoms with E-state index in [9.17, 15) is 18.0 Å². The molecule has 2 aromatic rings. The summed E-state index contributed by atoms with van der Waals surface area (Å²) in [5.74, 6) is -0.328. The number of hydrogen-bond donors (Lipinski definition) is 1. The topological polar surface area (TPSA) is 83.6 Å². The van der Waals surface area contributed by atoms with Crippen LogP contribution in [0.2, 0.25) is 0 Å². The summed E-state index contributed by atoms with van der Waals surface area (Å²) in [5.41, 5.74) is 3.30. The Morgan fingerprint density at radius 2 is 1.87 bits per heavy atom. The summed E-state index contributed by atoms with van der Waals surface area (Å²) < 4.78 is 25.6. The lowest BCUT2D eigenvalue weighted by molar-refractivity contribution is -0.120. The summed E-state index contributed by atoms with van der Waals surface area (Å²) in [7, 11) is -3.60. The van der Waals surface area contributed by atoms with Gasteiger partial charge in [-0.05, 0) is 68.5 Å². The fourth-order valence-electron chi connectivity index (χ4n) is 3.93. The second-order valence-electron chi connectivity index (χ2n) is 8.26. The molecule has 1 unspecified atom stereocenters. The number of rotatable bonds is 6. The molecule has 0 aromatic heterocycles. The Bertz CT molecular complexity index is 1110. The van der Waals surface area contributed by atoms with Gasteiger partial charge in [-0.1, -0.05) is 18.2 Å². The lowest BCUT2D eigenvalue weighted by Crippen LogP contribution is -2.36. The molecule has 2 amide bonds. The van der Waals surface area contributed by atoms with E-state index in [0.717, 1.165) is 29.7 Å². The first-order valence-electron chi connectivity index (χ1n) is 10.3. The van der Waals surface area contributed by atoms with Crippen LogP contribution in [0.4, 0.5) is 11.4 Å². The van der Waals surface area contributed by atoms with Crippen LogP contribution in [0, 0.1) is 12.8 Å². The molecule has 1 atom stereocenters. The van der Waals surface area contributed by atoms with Crippen molar-refractivity contribution in [2.45, 2.75) is 50.5 Å². The Kier molecular flexibility index (Phi) is 5.40. The Balaban J connectivity index is 1.45. The monoisotopic (exact) mass is 426 g/mol. The Hall–Kier alpha value is -2.67. The highest BCUT2D eigenvalue weighted by molar-refractivity contribution is 7.91. The standard InChI is InChI=1S/C23H26N2O4S/c1-15-5-3-4-6-20(15)24-22(26)11-12-30(28,29)19-9-10-21-18(14-19)13-16(2)25(21)23(27)17-7-8-17/h3-6,9-10,14,16-17H,7-8,11-13H2,1-2H3,(H,24,26). The van der Waals surface area contributed by atoms with Crippen LogP contribution in [0.3, 0.4) is 0 Å². The molecule has 30 heavy (non-hydrogen) atoms. The molecular weight excluding hydrogens is 400 g/mol. The van der Waals surface area contributed by atoms with Gasteiger partial charge in [0.1, 0.15) is 0 Å². The van der Waals surface area contributed by atoms with Crippen molar-refractivity contribution in [3.05, 3.63) is 53.6 Å². The number of nitrogens with one attached hydrogen (secondary N) is 1. The van der Waals surface area contributed by atoms with E-state index in [1.807, 2.05) is 36.9 Å². The normalized spacial score (nSPS) is 18.2. The third kappa shape index (κ3) is 4.12. The number of hydrogen-bond acceptors (Lipinski definition) is 4. The maximum atomic E-state index is 12.8.